The van der Waals surface area contributed by atoms with E-state index in [9.17, 15) is 9.18 Å². The summed E-state index contributed by atoms with van der Waals surface area (Å²) in [7, 11) is 1.62. The van der Waals surface area contributed by atoms with Crippen LogP contribution in [0.5, 0.6) is 5.75 Å². The Balaban J connectivity index is 1.80. The summed E-state index contributed by atoms with van der Waals surface area (Å²) in [5.74, 6) is 0.640. The first-order valence-corrected chi connectivity index (χ1v) is 9.52. The molecule has 0 saturated heterocycles. The van der Waals surface area contributed by atoms with E-state index in [0.717, 1.165) is 11.3 Å². The lowest BCUT2D eigenvalue weighted by Gasteiger charge is -2.14. The van der Waals surface area contributed by atoms with Gasteiger partial charge in [-0.2, -0.15) is 0 Å². The van der Waals surface area contributed by atoms with E-state index in [-0.39, 0.29) is 10.6 Å². The smallest absolute Gasteiger partial charge is 0.261 e. The summed E-state index contributed by atoms with van der Waals surface area (Å²) in [5.41, 5.74) is 1.97. The highest BCUT2D eigenvalue weighted by Crippen LogP contribution is 2.24. The Labute approximate surface area is 172 Å². The van der Waals surface area contributed by atoms with E-state index in [4.69, 9.17) is 16.3 Å². The van der Waals surface area contributed by atoms with Crippen molar-refractivity contribution in [2.24, 2.45) is 0 Å². The molecule has 0 saturated carbocycles. The van der Waals surface area contributed by atoms with Crippen molar-refractivity contribution in [3.8, 4) is 17.1 Å². The molecule has 0 spiro atoms. The number of ether oxygens (including phenoxy) is 1. The average Bonchev–Trinajstić information content (AvgIpc) is 2.75. The van der Waals surface area contributed by atoms with E-state index in [0.29, 0.717) is 35.3 Å². The zero-order valence-electron chi connectivity index (χ0n) is 15.7. The summed E-state index contributed by atoms with van der Waals surface area (Å²) in [6, 6.07) is 19.3. The second-order valence-electron chi connectivity index (χ2n) is 6.64. The Morgan fingerprint density at radius 2 is 1.83 bits per heavy atom. The highest BCUT2D eigenvalue weighted by molar-refractivity contribution is 6.30. The van der Waals surface area contributed by atoms with Gasteiger partial charge in [-0.25, -0.2) is 9.37 Å². The van der Waals surface area contributed by atoms with Gasteiger partial charge in [0.15, 0.2) is 0 Å². The summed E-state index contributed by atoms with van der Waals surface area (Å²) in [6.07, 6.45) is 0.618. The summed E-state index contributed by atoms with van der Waals surface area (Å²) in [4.78, 5) is 17.8. The van der Waals surface area contributed by atoms with Gasteiger partial charge in [-0.05, 0) is 54.4 Å². The lowest BCUT2D eigenvalue weighted by molar-refractivity contribution is 0.414. The quantitative estimate of drug-likeness (QED) is 0.461. The molecule has 0 fully saturated rings. The van der Waals surface area contributed by atoms with Gasteiger partial charge in [0, 0.05) is 12.1 Å². The van der Waals surface area contributed by atoms with Gasteiger partial charge in [0.05, 0.1) is 23.0 Å². The molecule has 4 aromatic rings. The van der Waals surface area contributed by atoms with Crippen LogP contribution >= 0.6 is 11.6 Å². The summed E-state index contributed by atoms with van der Waals surface area (Å²) < 4.78 is 20.9. The van der Waals surface area contributed by atoms with Gasteiger partial charge in [-0.1, -0.05) is 35.9 Å². The first kappa shape index (κ1) is 19.2. The Morgan fingerprint density at radius 3 is 2.55 bits per heavy atom. The van der Waals surface area contributed by atoms with Crippen molar-refractivity contribution >= 4 is 22.5 Å². The van der Waals surface area contributed by atoms with Crippen LogP contribution in [-0.4, -0.2) is 16.7 Å². The van der Waals surface area contributed by atoms with Crippen molar-refractivity contribution in [3.05, 3.63) is 93.5 Å². The number of para-hydroxylation sites is 1. The van der Waals surface area contributed by atoms with E-state index < -0.39 is 5.82 Å². The van der Waals surface area contributed by atoms with Crippen molar-refractivity contribution in [1.82, 2.24) is 9.55 Å². The molecule has 3 aromatic carbocycles. The summed E-state index contributed by atoms with van der Waals surface area (Å²) in [5, 5.41) is 0.557. The van der Waals surface area contributed by atoms with Crippen molar-refractivity contribution < 1.29 is 9.13 Å². The maximum atomic E-state index is 14.1. The maximum Gasteiger partial charge on any atom is 0.261 e. The molecule has 4 nitrogen and oxygen atoms in total. The molecule has 6 heteroatoms. The first-order chi connectivity index (χ1) is 14.1. The molecule has 0 atom stereocenters. The molecule has 1 aromatic heterocycles. The van der Waals surface area contributed by atoms with Crippen LogP contribution in [0.2, 0.25) is 5.02 Å². The number of hydrogen-bond acceptors (Lipinski definition) is 3. The van der Waals surface area contributed by atoms with Crippen molar-refractivity contribution in [2.75, 3.05) is 7.11 Å². The predicted octanol–water partition coefficient (Wildman–Crippen LogP) is 5.11. The van der Waals surface area contributed by atoms with Gasteiger partial charge in [0.25, 0.3) is 5.56 Å². The fourth-order valence-corrected chi connectivity index (χ4v) is 3.38. The highest BCUT2D eigenvalue weighted by atomic mass is 35.5. The third-order valence-corrected chi connectivity index (χ3v) is 5.13. The SMILES string of the molecule is COc1ccc(CCn2c(-c3ccc(Cl)c(F)c3)nc3ccccc3c2=O)cc1. The topological polar surface area (TPSA) is 44.1 Å². The highest BCUT2D eigenvalue weighted by Gasteiger charge is 2.14. The molecule has 1 heterocycles. The van der Waals surface area contributed by atoms with E-state index in [1.807, 2.05) is 30.3 Å². The van der Waals surface area contributed by atoms with E-state index in [2.05, 4.69) is 4.98 Å². The van der Waals surface area contributed by atoms with Crippen LogP contribution < -0.4 is 10.3 Å². The number of fused-ring (bicyclic) bond motifs is 1. The lowest BCUT2D eigenvalue weighted by Crippen LogP contribution is -2.24. The van der Waals surface area contributed by atoms with Gasteiger partial charge >= 0.3 is 0 Å². The fraction of sp³-hybridized carbons (Fsp3) is 0.130. The van der Waals surface area contributed by atoms with Crippen LogP contribution in [0.1, 0.15) is 5.56 Å². The molecule has 29 heavy (non-hydrogen) atoms. The summed E-state index contributed by atoms with van der Waals surface area (Å²) in [6.45, 7) is 0.405. The number of hydrogen-bond donors (Lipinski definition) is 0. The molecule has 0 bridgehead atoms. The minimum Gasteiger partial charge on any atom is -0.497 e. The number of nitrogens with zero attached hydrogens (tertiary/aromatic N) is 2. The zero-order valence-corrected chi connectivity index (χ0v) is 16.5. The van der Waals surface area contributed by atoms with Crippen LogP contribution in [-0.2, 0) is 13.0 Å². The number of halogens is 2. The molecule has 146 valence electrons. The number of aryl methyl sites for hydroxylation is 1. The van der Waals surface area contributed by atoms with E-state index in [1.54, 1.807) is 35.9 Å². The number of aromatic nitrogens is 2. The second kappa shape index (κ2) is 8.05. The molecule has 0 radical (unpaired) electrons. The van der Waals surface area contributed by atoms with Gasteiger partial charge in [-0.3, -0.25) is 9.36 Å². The van der Waals surface area contributed by atoms with Crippen LogP contribution in [0, 0.1) is 5.82 Å². The summed E-state index contributed by atoms with van der Waals surface area (Å²) >= 11 is 5.83. The molecule has 0 amide bonds. The number of methoxy groups -OCH3 is 1. The Hall–Kier alpha value is -3.18. The van der Waals surface area contributed by atoms with Crippen LogP contribution in [0.25, 0.3) is 22.3 Å². The largest absolute Gasteiger partial charge is 0.497 e. The van der Waals surface area contributed by atoms with Gasteiger partial charge in [0.1, 0.15) is 17.4 Å². The van der Waals surface area contributed by atoms with Crippen molar-refractivity contribution in [2.45, 2.75) is 13.0 Å². The van der Waals surface area contributed by atoms with Crippen LogP contribution in [0.15, 0.2) is 71.5 Å². The fourth-order valence-electron chi connectivity index (χ4n) is 3.26. The Kier molecular flexibility index (Phi) is 5.32. The molecule has 0 aliphatic carbocycles. The third-order valence-electron chi connectivity index (χ3n) is 4.82. The molecule has 0 N–H and O–H groups in total. The number of benzene rings is 3. The van der Waals surface area contributed by atoms with Crippen molar-refractivity contribution in [1.29, 1.82) is 0 Å². The van der Waals surface area contributed by atoms with Crippen LogP contribution in [0.3, 0.4) is 0 Å². The molecule has 0 aliphatic rings. The molecular weight excluding hydrogens is 391 g/mol. The van der Waals surface area contributed by atoms with E-state index in [1.165, 1.54) is 12.1 Å². The Morgan fingerprint density at radius 1 is 1.07 bits per heavy atom. The minimum atomic E-state index is -0.548. The third kappa shape index (κ3) is 3.87. The average molecular weight is 409 g/mol. The molecule has 0 aliphatic heterocycles. The van der Waals surface area contributed by atoms with Gasteiger partial charge < -0.3 is 4.74 Å². The second-order valence-corrected chi connectivity index (χ2v) is 7.04. The molecule has 4 rings (SSSR count). The number of rotatable bonds is 5. The van der Waals surface area contributed by atoms with Crippen molar-refractivity contribution in [3.63, 3.8) is 0 Å². The van der Waals surface area contributed by atoms with Gasteiger partial charge in [0.2, 0.25) is 0 Å². The first-order valence-electron chi connectivity index (χ1n) is 9.15. The van der Waals surface area contributed by atoms with Crippen LogP contribution in [0.4, 0.5) is 4.39 Å². The predicted molar refractivity (Wildman–Crippen MR) is 113 cm³/mol. The molecular formula is C23H18ClFN2O2. The standard InChI is InChI=1S/C23H18ClFN2O2/c1-29-17-9-6-15(7-10-17)12-13-27-22(16-8-11-19(24)20(25)14-16)26-21-5-3-2-4-18(21)23(27)28/h2-11,14H,12-13H2,1H3. The zero-order chi connectivity index (χ0) is 20.4. The Bertz CT molecular complexity index is 1240. The maximum absolute atomic E-state index is 14.1. The monoisotopic (exact) mass is 408 g/mol. The molecule has 0 unspecified atom stereocenters. The van der Waals surface area contributed by atoms with E-state index >= 15 is 0 Å². The lowest BCUT2D eigenvalue weighted by atomic mass is 10.1. The minimum absolute atomic E-state index is 0.0293. The normalized spacial score (nSPS) is 11.0. The van der Waals surface area contributed by atoms with Gasteiger partial charge in [-0.15, -0.1) is 0 Å².